The van der Waals surface area contributed by atoms with Crippen LogP contribution in [0.4, 0.5) is 0 Å². The minimum absolute atomic E-state index is 0.0981. The molecule has 6 heteroatoms. The summed E-state index contributed by atoms with van der Waals surface area (Å²) in [5.41, 5.74) is 5.31. The van der Waals surface area contributed by atoms with Crippen molar-refractivity contribution >= 4 is 17.2 Å². The number of nitrogens with two attached hydrogens (primary N) is 1. The van der Waals surface area contributed by atoms with E-state index in [0.717, 1.165) is 11.4 Å². The maximum atomic E-state index is 12.1. The van der Waals surface area contributed by atoms with Crippen molar-refractivity contribution in [1.29, 1.82) is 0 Å². The highest BCUT2D eigenvalue weighted by molar-refractivity contribution is 7.11. The summed E-state index contributed by atoms with van der Waals surface area (Å²) in [6.45, 7) is 3.67. The van der Waals surface area contributed by atoms with Gasteiger partial charge in [-0.1, -0.05) is 6.92 Å². The molecule has 5 nitrogen and oxygen atoms in total. The Morgan fingerprint density at radius 1 is 1.61 bits per heavy atom. The minimum atomic E-state index is -0.775. The van der Waals surface area contributed by atoms with E-state index in [9.17, 15) is 4.79 Å². The number of ether oxygens (including phenoxy) is 1. The molecule has 0 aromatic carbocycles. The van der Waals surface area contributed by atoms with Crippen LogP contribution >= 0.6 is 11.3 Å². The van der Waals surface area contributed by atoms with Gasteiger partial charge in [-0.25, -0.2) is 4.98 Å². The molecule has 1 fully saturated rings. The van der Waals surface area contributed by atoms with E-state index in [-0.39, 0.29) is 5.91 Å². The van der Waals surface area contributed by atoms with Gasteiger partial charge in [-0.2, -0.15) is 0 Å². The topological polar surface area (TPSA) is 77.2 Å². The van der Waals surface area contributed by atoms with Crippen molar-refractivity contribution in [2.24, 2.45) is 5.73 Å². The van der Waals surface area contributed by atoms with Gasteiger partial charge < -0.3 is 15.8 Å². The predicted octanol–water partition coefficient (Wildman–Crippen LogP) is 0.830. The normalized spacial score (nSPS) is 18.6. The zero-order valence-corrected chi connectivity index (χ0v) is 11.4. The summed E-state index contributed by atoms with van der Waals surface area (Å²) >= 11 is 1.63. The van der Waals surface area contributed by atoms with E-state index in [1.165, 1.54) is 4.88 Å². The first-order chi connectivity index (χ1) is 8.64. The summed E-state index contributed by atoms with van der Waals surface area (Å²) in [6, 6.07) is 0. The molecule has 0 aliphatic carbocycles. The lowest BCUT2D eigenvalue weighted by molar-refractivity contribution is -0.129. The van der Waals surface area contributed by atoms with Crippen LogP contribution < -0.4 is 11.1 Å². The van der Waals surface area contributed by atoms with E-state index in [0.29, 0.717) is 32.6 Å². The van der Waals surface area contributed by atoms with Crippen molar-refractivity contribution in [3.05, 3.63) is 16.1 Å². The standard InChI is InChI=1S/C12H19N3O2S/c1-2-9-7-14-10(18-9)8-15-11(16)12(13)3-5-17-6-4-12/h7H,2-6,8,13H2,1H3,(H,15,16). The van der Waals surface area contributed by atoms with Crippen LogP contribution in [0.3, 0.4) is 0 Å². The van der Waals surface area contributed by atoms with E-state index in [1.54, 1.807) is 11.3 Å². The number of aryl methyl sites for hydroxylation is 1. The Bertz CT molecular complexity index is 413. The van der Waals surface area contributed by atoms with Crippen LogP contribution in [0, 0.1) is 0 Å². The van der Waals surface area contributed by atoms with Gasteiger partial charge in [-0.05, 0) is 19.3 Å². The fourth-order valence-corrected chi connectivity index (χ4v) is 2.69. The Balaban J connectivity index is 1.87. The van der Waals surface area contributed by atoms with Crippen molar-refractivity contribution < 1.29 is 9.53 Å². The number of rotatable bonds is 4. The number of nitrogens with zero attached hydrogens (tertiary/aromatic N) is 1. The average Bonchev–Trinajstić information content (AvgIpc) is 2.84. The van der Waals surface area contributed by atoms with Crippen molar-refractivity contribution in [3.63, 3.8) is 0 Å². The molecule has 0 unspecified atom stereocenters. The smallest absolute Gasteiger partial charge is 0.240 e. The summed E-state index contributed by atoms with van der Waals surface area (Å²) in [5, 5.41) is 3.80. The van der Waals surface area contributed by atoms with E-state index >= 15 is 0 Å². The lowest BCUT2D eigenvalue weighted by Crippen LogP contribution is -2.56. The molecule has 1 aliphatic rings. The monoisotopic (exact) mass is 269 g/mol. The zero-order chi connectivity index (χ0) is 13.0. The highest BCUT2D eigenvalue weighted by Gasteiger charge is 2.35. The number of carbonyl (C=O) groups is 1. The van der Waals surface area contributed by atoms with Gasteiger partial charge in [0.05, 0.1) is 12.1 Å². The quantitative estimate of drug-likeness (QED) is 0.848. The van der Waals surface area contributed by atoms with Crippen molar-refractivity contribution in [2.75, 3.05) is 13.2 Å². The molecule has 18 heavy (non-hydrogen) atoms. The fraction of sp³-hybridized carbons (Fsp3) is 0.667. The number of carbonyl (C=O) groups excluding carboxylic acids is 1. The summed E-state index contributed by atoms with van der Waals surface area (Å²) < 4.78 is 5.23. The summed E-state index contributed by atoms with van der Waals surface area (Å²) in [7, 11) is 0. The molecule has 0 radical (unpaired) electrons. The average molecular weight is 269 g/mol. The number of thiazole rings is 1. The largest absolute Gasteiger partial charge is 0.381 e. The zero-order valence-electron chi connectivity index (χ0n) is 10.6. The maximum Gasteiger partial charge on any atom is 0.240 e. The highest BCUT2D eigenvalue weighted by atomic mass is 32.1. The molecular weight excluding hydrogens is 250 g/mol. The van der Waals surface area contributed by atoms with E-state index in [4.69, 9.17) is 10.5 Å². The van der Waals surface area contributed by atoms with Gasteiger partial charge in [0, 0.05) is 24.3 Å². The molecular formula is C12H19N3O2S. The minimum Gasteiger partial charge on any atom is -0.381 e. The summed E-state index contributed by atoms with van der Waals surface area (Å²) in [4.78, 5) is 17.5. The maximum absolute atomic E-state index is 12.1. The Kier molecular flexibility index (Phi) is 4.31. The second kappa shape index (κ2) is 5.77. The van der Waals surface area contributed by atoms with Crippen molar-refractivity contribution in [2.45, 2.75) is 38.3 Å². The molecule has 3 N–H and O–H groups in total. The molecule has 0 spiro atoms. The molecule has 2 heterocycles. The van der Waals surface area contributed by atoms with Crippen molar-refractivity contribution in [1.82, 2.24) is 10.3 Å². The van der Waals surface area contributed by atoms with Gasteiger partial charge in [-0.15, -0.1) is 11.3 Å². The van der Waals surface area contributed by atoms with Crippen LogP contribution in [-0.4, -0.2) is 29.6 Å². The fourth-order valence-electron chi connectivity index (χ4n) is 1.89. The second-order valence-electron chi connectivity index (χ2n) is 4.53. The van der Waals surface area contributed by atoms with Gasteiger partial charge in [0.25, 0.3) is 0 Å². The van der Waals surface area contributed by atoms with E-state index in [1.807, 2.05) is 6.20 Å². The van der Waals surface area contributed by atoms with Crippen LogP contribution in [0.25, 0.3) is 0 Å². The summed E-state index contributed by atoms with van der Waals surface area (Å²) in [5.74, 6) is -0.0981. The lowest BCUT2D eigenvalue weighted by Gasteiger charge is -2.31. The lowest BCUT2D eigenvalue weighted by atomic mass is 9.90. The number of hydrogen-bond donors (Lipinski definition) is 2. The molecule has 0 atom stereocenters. The molecule has 2 rings (SSSR count). The highest BCUT2D eigenvalue weighted by Crippen LogP contribution is 2.18. The first-order valence-electron chi connectivity index (χ1n) is 6.22. The van der Waals surface area contributed by atoms with Crippen molar-refractivity contribution in [3.8, 4) is 0 Å². The van der Waals surface area contributed by atoms with Crippen LogP contribution in [0.5, 0.6) is 0 Å². The molecule has 100 valence electrons. The third-order valence-corrected chi connectivity index (χ3v) is 4.33. The van der Waals surface area contributed by atoms with Crippen LogP contribution in [0.1, 0.15) is 29.7 Å². The summed E-state index contributed by atoms with van der Waals surface area (Å²) in [6.07, 6.45) is 4.00. The molecule has 0 bridgehead atoms. The third-order valence-electron chi connectivity index (χ3n) is 3.19. The van der Waals surface area contributed by atoms with Crippen LogP contribution in [0.15, 0.2) is 6.20 Å². The molecule has 1 aliphatic heterocycles. The third kappa shape index (κ3) is 3.07. The van der Waals surface area contributed by atoms with Gasteiger partial charge in [0.2, 0.25) is 5.91 Å². The molecule has 1 amide bonds. The first-order valence-corrected chi connectivity index (χ1v) is 7.04. The van der Waals surface area contributed by atoms with Gasteiger partial charge in [-0.3, -0.25) is 4.79 Å². The van der Waals surface area contributed by atoms with Crippen LogP contribution in [0.2, 0.25) is 0 Å². The van der Waals surface area contributed by atoms with Gasteiger partial charge >= 0.3 is 0 Å². The first kappa shape index (κ1) is 13.5. The SMILES string of the molecule is CCc1cnc(CNC(=O)C2(N)CCOCC2)s1. The molecule has 1 saturated heterocycles. The number of hydrogen-bond acceptors (Lipinski definition) is 5. The number of amides is 1. The van der Waals surface area contributed by atoms with Gasteiger partial charge in [0.1, 0.15) is 5.01 Å². The number of nitrogens with one attached hydrogen (secondary N) is 1. The van der Waals surface area contributed by atoms with Gasteiger partial charge in [0.15, 0.2) is 0 Å². The molecule has 0 saturated carbocycles. The Morgan fingerprint density at radius 2 is 2.33 bits per heavy atom. The second-order valence-corrected chi connectivity index (χ2v) is 5.72. The predicted molar refractivity (Wildman–Crippen MR) is 70.3 cm³/mol. The number of aromatic nitrogens is 1. The Morgan fingerprint density at radius 3 is 2.94 bits per heavy atom. The van der Waals surface area contributed by atoms with E-state index in [2.05, 4.69) is 17.2 Å². The Labute approximate surface area is 111 Å². The Hall–Kier alpha value is -0.980. The molecule has 1 aromatic rings. The molecule has 1 aromatic heterocycles. The van der Waals surface area contributed by atoms with E-state index < -0.39 is 5.54 Å². The van der Waals surface area contributed by atoms with Crippen LogP contribution in [-0.2, 0) is 22.5 Å².